The summed E-state index contributed by atoms with van der Waals surface area (Å²) in [5.74, 6) is 4.79. The zero-order chi connectivity index (χ0) is 24.7. The van der Waals surface area contributed by atoms with Gasteiger partial charge in [-0.2, -0.15) is 0 Å². The van der Waals surface area contributed by atoms with Gasteiger partial charge < -0.3 is 15.3 Å². The Bertz CT molecular complexity index is 1040. The number of benzene rings is 2. The molecule has 1 aliphatic rings. The molecule has 0 spiro atoms. The highest BCUT2D eigenvalue weighted by Gasteiger charge is 2.26. The number of likely N-dealkylation sites (tertiary alicyclic amines) is 1. The van der Waals surface area contributed by atoms with Crippen LogP contribution in [0.2, 0.25) is 0 Å². The Morgan fingerprint density at radius 1 is 1.09 bits per heavy atom. The van der Waals surface area contributed by atoms with E-state index in [1.165, 1.54) is 24.4 Å². The molecule has 3 rings (SSSR count). The summed E-state index contributed by atoms with van der Waals surface area (Å²) in [6.07, 6.45) is 0.0359. The summed E-state index contributed by atoms with van der Waals surface area (Å²) < 4.78 is 0. The van der Waals surface area contributed by atoms with E-state index in [1.54, 1.807) is 24.3 Å². The maximum absolute atomic E-state index is 12.4. The van der Waals surface area contributed by atoms with Crippen molar-refractivity contribution in [2.24, 2.45) is 0 Å². The van der Waals surface area contributed by atoms with Crippen LogP contribution in [-0.2, 0) is 11.3 Å². The zero-order valence-electron chi connectivity index (χ0n) is 19.8. The molecule has 0 saturated carbocycles. The molecule has 4 N–H and O–H groups in total. The molecule has 1 aliphatic heterocycles. The van der Waals surface area contributed by atoms with Crippen molar-refractivity contribution >= 4 is 11.8 Å². The standard InChI is InChI=1S/C26H32N4O4.CH4/c1-18(31)24(26(33)28-34)27-25(32)22-12-10-20(11-13-22)5-4-19-6-8-21(9-7-19)16-30-15-14-23(17-30)29(2)3;/h6-13,18,23-24,31,34H,14-17H2,1-3H3,(H,27,32)(H,28,33);1H4/t18-,23-,24+;/m1./s1. The normalized spacial score (nSPS) is 17.0. The maximum atomic E-state index is 12.4. The van der Waals surface area contributed by atoms with Crippen LogP contribution < -0.4 is 10.8 Å². The maximum Gasteiger partial charge on any atom is 0.268 e. The lowest BCUT2D eigenvalue weighted by atomic mass is 10.1. The summed E-state index contributed by atoms with van der Waals surface area (Å²) in [7, 11) is 4.27. The van der Waals surface area contributed by atoms with Gasteiger partial charge >= 0.3 is 0 Å². The molecule has 0 bridgehead atoms. The average Bonchev–Trinajstić information content (AvgIpc) is 3.30. The number of hydroxylamine groups is 1. The summed E-state index contributed by atoms with van der Waals surface area (Å²) in [6.45, 7) is 4.50. The van der Waals surface area contributed by atoms with Crippen LogP contribution in [0, 0.1) is 11.8 Å². The number of nitrogens with one attached hydrogen (secondary N) is 2. The van der Waals surface area contributed by atoms with Crippen molar-refractivity contribution in [1.82, 2.24) is 20.6 Å². The van der Waals surface area contributed by atoms with Gasteiger partial charge in [0.15, 0.2) is 0 Å². The fourth-order valence-corrected chi connectivity index (χ4v) is 3.88. The fraction of sp³-hybridized carbons (Fsp3) is 0.407. The summed E-state index contributed by atoms with van der Waals surface area (Å²) in [4.78, 5) is 28.7. The molecule has 0 aromatic heterocycles. The molecule has 0 radical (unpaired) electrons. The van der Waals surface area contributed by atoms with Crippen molar-refractivity contribution < 1.29 is 19.9 Å². The molecule has 2 aromatic carbocycles. The lowest BCUT2D eigenvalue weighted by molar-refractivity contribution is -0.133. The Hall–Kier alpha value is -3.22. The van der Waals surface area contributed by atoms with E-state index >= 15 is 0 Å². The van der Waals surface area contributed by atoms with Crippen molar-refractivity contribution in [3.05, 3.63) is 70.8 Å². The van der Waals surface area contributed by atoms with Crippen molar-refractivity contribution in [2.75, 3.05) is 27.2 Å². The fourth-order valence-electron chi connectivity index (χ4n) is 3.88. The first-order valence-corrected chi connectivity index (χ1v) is 11.3. The molecular weight excluding hydrogens is 444 g/mol. The van der Waals surface area contributed by atoms with Crippen molar-refractivity contribution in [1.29, 1.82) is 0 Å². The summed E-state index contributed by atoms with van der Waals surface area (Å²) >= 11 is 0. The molecule has 188 valence electrons. The molecule has 35 heavy (non-hydrogen) atoms. The minimum Gasteiger partial charge on any atom is -0.391 e. The molecule has 1 heterocycles. The lowest BCUT2D eigenvalue weighted by Crippen LogP contribution is -2.51. The van der Waals surface area contributed by atoms with E-state index in [0.717, 1.165) is 30.8 Å². The predicted molar refractivity (Wildman–Crippen MR) is 136 cm³/mol. The van der Waals surface area contributed by atoms with Gasteiger partial charge in [-0.3, -0.25) is 19.7 Å². The highest BCUT2D eigenvalue weighted by molar-refractivity contribution is 5.97. The second kappa shape index (κ2) is 13.0. The number of hydrogen-bond donors (Lipinski definition) is 4. The average molecular weight is 481 g/mol. The quantitative estimate of drug-likeness (QED) is 0.274. The number of nitrogens with zero attached hydrogens (tertiary/aromatic N) is 2. The third kappa shape index (κ3) is 7.91. The van der Waals surface area contributed by atoms with E-state index in [-0.39, 0.29) is 7.43 Å². The molecule has 3 atom stereocenters. The van der Waals surface area contributed by atoms with Crippen molar-refractivity contribution in [2.45, 2.75) is 45.5 Å². The number of carbonyl (C=O) groups is 2. The Kier molecular flexibility index (Phi) is 10.4. The van der Waals surface area contributed by atoms with E-state index in [9.17, 15) is 14.7 Å². The minimum atomic E-state index is -1.26. The van der Waals surface area contributed by atoms with Gasteiger partial charge in [-0.1, -0.05) is 31.4 Å². The van der Waals surface area contributed by atoms with Crippen LogP contribution in [0.3, 0.4) is 0 Å². The van der Waals surface area contributed by atoms with Gasteiger partial charge in [0.1, 0.15) is 6.04 Å². The largest absolute Gasteiger partial charge is 0.391 e. The Morgan fingerprint density at radius 2 is 1.66 bits per heavy atom. The van der Waals surface area contributed by atoms with Crippen molar-refractivity contribution in [3.8, 4) is 11.8 Å². The Morgan fingerprint density at radius 3 is 2.14 bits per heavy atom. The van der Waals surface area contributed by atoms with Gasteiger partial charge in [-0.15, -0.1) is 0 Å². The number of rotatable bonds is 7. The second-order valence-corrected chi connectivity index (χ2v) is 8.83. The van der Waals surface area contributed by atoms with Crippen LogP contribution in [0.15, 0.2) is 48.5 Å². The molecule has 1 saturated heterocycles. The highest BCUT2D eigenvalue weighted by Crippen LogP contribution is 2.16. The van der Waals surface area contributed by atoms with Crippen LogP contribution in [0.4, 0.5) is 0 Å². The molecule has 2 aromatic rings. The van der Waals surface area contributed by atoms with Gasteiger partial charge in [0.2, 0.25) is 0 Å². The summed E-state index contributed by atoms with van der Waals surface area (Å²) in [6, 6.07) is 14.2. The van der Waals surface area contributed by atoms with Gasteiger partial charge in [-0.05, 0) is 69.4 Å². The second-order valence-electron chi connectivity index (χ2n) is 8.83. The number of aliphatic hydroxyl groups is 1. The van der Waals surface area contributed by atoms with Crippen LogP contribution >= 0.6 is 0 Å². The molecule has 0 aliphatic carbocycles. The molecular formula is C27H36N4O4. The first-order valence-electron chi connectivity index (χ1n) is 11.3. The number of aliphatic hydroxyl groups excluding tert-OH is 1. The van der Waals surface area contributed by atoms with Gasteiger partial charge in [-0.25, -0.2) is 5.48 Å². The zero-order valence-corrected chi connectivity index (χ0v) is 19.8. The monoisotopic (exact) mass is 480 g/mol. The SMILES string of the molecule is C.C[C@@H](O)[C@H](NC(=O)c1ccc(C#Cc2ccc(CN3CC[C@@H](N(C)C)C3)cc2)cc1)C(=O)NO. The van der Waals surface area contributed by atoms with Crippen LogP contribution in [-0.4, -0.2) is 77.3 Å². The van der Waals surface area contributed by atoms with E-state index in [4.69, 9.17) is 5.21 Å². The van der Waals surface area contributed by atoms with Crippen LogP contribution in [0.25, 0.3) is 0 Å². The first kappa shape index (κ1) is 28.0. The highest BCUT2D eigenvalue weighted by atomic mass is 16.5. The Labute approximate surface area is 207 Å². The predicted octanol–water partition coefficient (Wildman–Crippen LogP) is 1.84. The number of amides is 2. The third-order valence-electron chi connectivity index (χ3n) is 6.00. The van der Waals surface area contributed by atoms with Gasteiger partial charge in [0.25, 0.3) is 11.8 Å². The van der Waals surface area contributed by atoms with Crippen LogP contribution in [0.5, 0.6) is 0 Å². The molecule has 8 nitrogen and oxygen atoms in total. The number of likely N-dealkylation sites (N-methyl/N-ethyl adjacent to an activating group) is 1. The third-order valence-corrected chi connectivity index (χ3v) is 6.00. The van der Waals surface area contributed by atoms with E-state index in [1.807, 2.05) is 12.1 Å². The lowest BCUT2D eigenvalue weighted by Gasteiger charge is -2.20. The summed E-state index contributed by atoms with van der Waals surface area (Å²) in [5.41, 5.74) is 4.67. The van der Waals surface area contributed by atoms with E-state index in [0.29, 0.717) is 11.6 Å². The molecule has 1 fully saturated rings. The van der Waals surface area contributed by atoms with Gasteiger partial charge in [0, 0.05) is 42.4 Å². The molecule has 2 amide bonds. The van der Waals surface area contributed by atoms with E-state index in [2.05, 4.69) is 53.2 Å². The smallest absolute Gasteiger partial charge is 0.268 e. The minimum absolute atomic E-state index is 0. The number of hydrogen-bond acceptors (Lipinski definition) is 6. The van der Waals surface area contributed by atoms with Crippen molar-refractivity contribution in [3.63, 3.8) is 0 Å². The van der Waals surface area contributed by atoms with Gasteiger partial charge in [0.05, 0.1) is 6.10 Å². The first-order chi connectivity index (χ1) is 16.3. The van der Waals surface area contributed by atoms with E-state index < -0.39 is 24.0 Å². The van der Waals surface area contributed by atoms with Crippen LogP contribution in [0.1, 0.15) is 47.8 Å². The molecule has 8 heteroatoms. The number of carbonyl (C=O) groups excluding carboxylic acids is 2. The Balaban J connectivity index is 0.00000432. The molecule has 0 unspecified atom stereocenters. The summed E-state index contributed by atoms with van der Waals surface area (Å²) in [5, 5.41) is 20.8. The topological polar surface area (TPSA) is 105 Å².